The van der Waals surface area contributed by atoms with Crippen LogP contribution in [-0.2, 0) is 16.8 Å². The molecule has 2 amide bonds. The molecule has 3 heterocycles. The number of aromatic nitrogens is 3. The summed E-state index contributed by atoms with van der Waals surface area (Å²) in [5.74, 6) is -1.54. The molecule has 0 spiro atoms. The number of fused-ring (bicyclic) bond motifs is 2. The molecule has 1 aliphatic heterocycles. The average Bonchev–Trinajstić information content (AvgIpc) is 3.94. The number of aliphatic hydroxyl groups is 1. The van der Waals surface area contributed by atoms with Crippen molar-refractivity contribution >= 4 is 34.3 Å². The van der Waals surface area contributed by atoms with Gasteiger partial charge in [-0.1, -0.05) is 11.6 Å². The summed E-state index contributed by atoms with van der Waals surface area (Å²) in [5, 5.41) is 20.6. The highest BCUT2D eigenvalue weighted by Crippen LogP contribution is 2.48. The Morgan fingerprint density at radius 3 is 2.63 bits per heavy atom. The maximum atomic E-state index is 13.8. The van der Waals surface area contributed by atoms with Crippen LogP contribution >= 0.6 is 11.6 Å². The minimum atomic E-state index is -3.83. The zero-order valence-electron chi connectivity index (χ0n) is 24.7. The van der Waals surface area contributed by atoms with Gasteiger partial charge in [0.2, 0.25) is 5.91 Å². The molecule has 2 aromatic carbocycles. The first-order valence-electron chi connectivity index (χ1n) is 15.0. The first-order valence-corrected chi connectivity index (χ1v) is 15.4. The van der Waals surface area contributed by atoms with E-state index in [4.69, 9.17) is 27.1 Å². The number of alkyl halides is 2. The van der Waals surface area contributed by atoms with Gasteiger partial charge in [-0.25, -0.2) is 4.98 Å². The van der Waals surface area contributed by atoms with E-state index in [2.05, 4.69) is 19.9 Å². The van der Waals surface area contributed by atoms with Gasteiger partial charge in [-0.3, -0.25) is 14.3 Å². The number of carbonyl (C=O) groups is 2. The van der Waals surface area contributed by atoms with E-state index in [-0.39, 0.29) is 54.1 Å². The Labute approximate surface area is 266 Å². The van der Waals surface area contributed by atoms with Gasteiger partial charge >= 0.3 is 6.29 Å². The summed E-state index contributed by atoms with van der Waals surface area (Å²) in [4.78, 5) is 30.3. The van der Waals surface area contributed by atoms with Gasteiger partial charge in [0.1, 0.15) is 22.6 Å². The smallest absolute Gasteiger partial charge is 0.491 e. The fraction of sp³-hybridized carbons (Fsp3) is 0.375. The van der Waals surface area contributed by atoms with Crippen LogP contribution in [0.4, 0.5) is 8.78 Å². The highest BCUT2D eigenvalue weighted by Gasteiger charge is 2.47. The van der Waals surface area contributed by atoms with Gasteiger partial charge in [0.15, 0.2) is 11.5 Å². The Bertz CT molecular complexity index is 1890. The third kappa shape index (κ3) is 5.69. The molecule has 0 saturated heterocycles. The molecule has 240 valence electrons. The van der Waals surface area contributed by atoms with E-state index in [9.17, 15) is 23.5 Å². The van der Waals surface area contributed by atoms with Gasteiger partial charge in [-0.05, 0) is 74.9 Å². The number of benzene rings is 2. The quantitative estimate of drug-likeness (QED) is 0.208. The molecule has 0 unspecified atom stereocenters. The molecule has 0 radical (unpaired) electrons. The number of nitrogens with one attached hydrogen (secondary N) is 1. The Hall–Kier alpha value is -4.49. The second-order valence-corrected chi connectivity index (χ2v) is 12.3. The molecule has 4 N–H and O–H groups in total. The molecular formula is C32H30ClF2N5O6. The lowest BCUT2D eigenvalue weighted by atomic mass is 9.90. The van der Waals surface area contributed by atoms with Crippen LogP contribution in [0.15, 0.2) is 42.6 Å². The van der Waals surface area contributed by atoms with Gasteiger partial charge in [0, 0.05) is 28.3 Å². The molecule has 2 fully saturated rings. The van der Waals surface area contributed by atoms with E-state index in [1.54, 1.807) is 25.1 Å². The van der Waals surface area contributed by atoms with Gasteiger partial charge < -0.3 is 30.4 Å². The molecule has 0 bridgehead atoms. The number of carbonyl (C=O) groups excluding carboxylic acids is 2. The predicted molar refractivity (Wildman–Crippen MR) is 162 cm³/mol. The van der Waals surface area contributed by atoms with Gasteiger partial charge in [0.05, 0.1) is 36.3 Å². The van der Waals surface area contributed by atoms with E-state index >= 15 is 0 Å². The lowest BCUT2D eigenvalue weighted by molar-refractivity contribution is -0.286. The summed E-state index contributed by atoms with van der Waals surface area (Å²) in [5.41, 5.74) is 5.82. The molecule has 4 aromatic rings. The van der Waals surface area contributed by atoms with Crippen LogP contribution in [0.25, 0.3) is 22.2 Å². The maximum Gasteiger partial charge on any atom is 0.586 e. The Balaban J connectivity index is 1.24. The zero-order chi connectivity index (χ0) is 32.4. The summed E-state index contributed by atoms with van der Waals surface area (Å²) in [6.07, 6.45) is 1.22. The number of ether oxygens (including phenoxy) is 3. The second-order valence-electron chi connectivity index (χ2n) is 11.9. The van der Waals surface area contributed by atoms with E-state index in [1.165, 1.54) is 18.2 Å². The SMILES string of the molecule is CCOc1c(CC(N)=O)cc([C@@](O)(CNC(=O)c2cc(Cl)c3nn(C4CC4)cc3c2)C2CC2)nc1-c1ccc2c(c1)OC(F)(F)O2. The Morgan fingerprint density at radius 2 is 1.93 bits per heavy atom. The lowest BCUT2D eigenvalue weighted by Crippen LogP contribution is -2.43. The van der Waals surface area contributed by atoms with Crippen molar-refractivity contribution in [3.63, 3.8) is 0 Å². The van der Waals surface area contributed by atoms with Gasteiger partial charge in [-0.2, -0.15) is 5.10 Å². The first-order chi connectivity index (χ1) is 21.9. The van der Waals surface area contributed by atoms with E-state index in [1.807, 2.05) is 10.9 Å². The average molecular weight is 654 g/mol. The number of rotatable bonds is 11. The molecule has 2 aromatic heterocycles. The number of nitrogens with two attached hydrogens (primary N) is 1. The topological polar surface area (TPSA) is 151 Å². The van der Waals surface area contributed by atoms with Crippen LogP contribution in [0.5, 0.6) is 17.2 Å². The first kappa shape index (κ1) is 30.2. The second kappa shape index (κ2) is 11.1. The molecular weight excluding hydrogens is 624 g/mol. The summed E-state index contributed by atoms with van der Waals surface area (Å²) in [6, 6.07) is 9.27. The molecule has 3 aliphatic rings. The molecule has 14 heteroatoms. The molecule has 46 heavy (non-hydrogen) atoms. The van der Waals surface area contributed by atoms with Crippen molar-refractivity contribution in [1.29, 1.82) is 0 Å². The number of hydrogen-bond acceptors (Lipinski definition) is 8. The number of hydrogen-bond donors (Lipinski definition) is 3. The van der Waals surface area contributed by atoms with E-state index in [0.717, 1.165) is 18.2 Å². The molecule has 1 atom stereocenters. The van der Waals surface area contributed by atoms with Crippen LogP contribution in [-0.4, -0.2) is 51.1 Å². The van der Waals surface area contributed by atoms with E-state index < -0.39 is 23.7 Å². The number of nitrogens with zero attached hydrogens (tertiary/aromatic N) is 3. The standard InChI is InChI=1S/C32H30ClF2N5O6/c1-2-44-29-17(13-26(36)41)12-25(38-28(29)16-3-8-23-24(11-16)46-32(34,35)45-23)31(43,20-4-5-20)15-37-30(42)18-9-19-14-40(21-6-7-21)39-27(19)22(33)10-18/h3,8-12,14,20-21,43H,2,4-7,13,15H2,1H3,(H2,36,41)(H,37,42)/t31-/m1/s1. The van der Waals surface area contributed by atoms with Crippen LogP contribution in [0, 0.1) is 5.92 Å². The van der Waals surface area contributed by atoms with Crippen molar-refractivity contribution in [2.75, 3.05) is 13.2 Å². The Kier molecular flexibility index (Phi) is 7.28. The van der Waals surface area contributed by atoms with Crippen LogP contribution in [0.2, 0.25) is 5.02 Å². The van der Waals surface area contributed by atoms with Crippen molar-refractivity contribution in [2.45, 2.75) is 57.0 Å². The number of amides is 2. The fourth-order valence-corrected chi connectivity index (χ4v) is 6.08. The third-order valence-corrected chi connectivity index (χ3v) is 8.64. The van der Waals surface area contributed by atoms with Gasteiger partial charge in [0.25, 0.3) is 5.91 Å². The van der Waals surface area contributed by atoms with Crippen molar-refractivity contribution < 1.29 is 37.7 Å². The Morgan fingerprint density at radius 1 is 1.17 bits per heavy atom. The fourth-order valence-electron chi connectivity index (χ4n) is 5.81. The summed E-state index contributed by atoms with van der Waals surface area (Å²) >= 11 is 6.49. The highest BCUT2D eigenvalue weighted by molar-refractivity contribution is 6.35. The van der Waals surface area contributed by atoms with Gasteiger partial charge in [-0.15, -0.1) is 8.78 Å². The number of pyridine rings is 1. The molecule has 2 aliphatic carbocycles. The predicted octanol–water partition coefficient (Wildman–Crippen LogP) is 4.86. The largest absolute Gasteiger partial charge is 0.586 e. The third-order valence-electron chi connectivity index (χ3n) is 8.36. The van der Waals surface area contributed by atoms with Crippen LogP contribution in [0.1, 0.15) is 60.3 Å². The summed E-state index contributed by atoms with van der Waals surface area (Å²) in [7, 11) is 0. The summed E-state index contributed by atoms with van der Waals surface area (Å²) < 4.78 is 44.5. The van der Waals surface area contributed by atoms with Crippen molar-refractivity contribution in [3.05, 3.63) is 64.4 Å². The lowest BCUT2D eigenvalue weighted by Gasteiger charge is -2.30. The highest BCUT2D eigenvalue weighted by atomic mass is 35.5. The minimum Gasteiger partial charge on any atom is -0.491 e. The van der Waals surface area contributed by atoms with Crippen molar-refractivity contribution in [3.8, 4) is 28.5 Å². The number of halogens is 3. The van der Waals surface area contributed by atoms with E-state index in [0.29, 0.717) is 46.1 Å². The normalized spacial score (nSPS) is 17.9. The number of primary amides is 1. The van der Waals surface area contributed by atoms with Crippen LogP contribution < -0.4 is 25.3 Å². The maximum absolute atomic E-state index is 13.8. The van der Waals surface area contributed by atoms with Crippen molar-refractivity contribution in [2.24, 2.45) is 11.7 Å². The summed E-state index contributed by atoms with van der Waals surface area (Å²) in [6.45, 7) is 1.72. The molecule has 11 nitrogen and oxygen atoms in total. The molecule has 2 saturated carbocycles. The monoisotopic (exact) mass is 653 g/mol. The zero-order valence-corrected chi connectivity index (χ0v) is 25.4. The van der Waals surface area contributed by atoms with Crippen LogP contribution in [0.3, 0.4) is 0 Å². The molecule has 7 rings (SSSR count). The minimum absolute atomic E-state index is 0.157. The van der Waals surface area contributed by atoms with Crippen molar-refractivity contribution in [1.82, 2.24) is 20.1 Å².